The number of carbonyl (C=O) groups excluding carboxylic acids is 1. The summed E-state index contributed by atoms with van der Waals surface area (Å²) in [5, 5.41) is 4.82. The Morgan fingerprint density at radius 3 is 2.04 bits per heavy atom. The highest BCUT2D eigenvalue weighted by Crippen LogP contribution is 2.33. The molecule has 0 bridgehead atoms. The third kappa shape index (κ3) is 2.36. The Bertz CT molecular complexity index is 1140. The van der Waals surface area contributed by atoms with Gasteiger partial charge in [-0.1, -0.05) is 72.8 Å². The minimum atomic E-state index is 0.170. The number of rotatable bonds is 1. The van der Waals surface area contributed by atoms with Gasteiger partial charge in [0.05, 0.1) is 0 Å². The van der Waals surface area contributed by atoms with Crippen LogP contribution >= 0.6 is 0 Å². The highest BCUT2D eigenvalue weighted by atomic mass is 16.1. The molecule has 0 fully saturated rings. The molecule has 1 aliphatic rings. The number of ketones is 1. The van der Waals surface area contributed by atoms with Gasteiger partial charge in [-0.05, 0) is 57.7 Å². The monoisotopic (exact) mass is 334 g/mol. The Morgan fingerprint density at radius 2 is 1.31 bits per heavy atom. The normalized spacial score (nSPS) is 15.5. The second-order valence-corrected chi connectivity index (χ2v) is 6.89. The Hall–Kier alpha value is -3.19. The Morgan fingerprint density at radius 1 is 0.692 bits per heavy atom. The van der Waals surface area contributed by atoms with Crippen LogP contribution < -0.4 is 0 Å². The summed E-state index contributed by atoms with van der Waals surface area (Å²) in [5.41, 5.74) is 4.08. The maximum Gasteiger partial charge on any atom is 0.189 e. The lowest BCUT2D eigenvalue weighted by Crippen LogP contribution is -2.13. The van der Waals surface area contributed by atoms with Gasteiger partial charge in [0, 0.05) is 11.1 Å². The summed E-state index contributed by atoms with van der Waals surface area (Å²) in [4.78, 5) is 13.0. The van der Waals surface area contributed by atoms with Gasteiger partial charge in [-0.15, -0.1) is 0 Å². The molecule has 4 aromatic carbocycles. The van der Waals surface area contributed by atoms with Crippen LogP contribution in [0.5, 0.6) is 0 Å². The van der Waals surface area contributed by atoms with Gasteiger partial charge >= 0.3 is 0 Å². The van der Waals surface area contributed by atoms with E-state index in [2.05, 4.69) is 66.7 Å². The molecule has 4 aromatic rings. The average Bonchev–Trinajstić information content (AvgIpc) is 2.70. The highest BCUT2D eigenvalue weighted by Gasteiger charge is 2.21. The van der Waals surface area contributed by atoms with E-state index in [1.165, 1.54) is 21.5 Å². The maximum absolute atomic E-state index is 13.0. The summed E-state index contributed by atoms with van der Waals surface area (Å²) in [6, 6.07) is 27.1. The maximum atomic E-state index is 13.0. The van der Waals surface area contributed by atoms with Crippen molar-refractivity contribution in [3.8, 4) is 0 Å². The first-order valence-corrected chi connectivity index (χ1v) is 9.05. The van der Waals surface area contributed by atoms with Crippen molar-refractivity contribution in [2.75, 3.05) is 0 Å². The minimum Gasteiger partial charge on any atom is -0.289 e. The fourth-order valence-corrected chi connectivity index (χ4v) is 4.03. The van der Waals surface area contributed by atoms with E-state index in [1.807, 2.05) is 18.2 Å². The third-order valence-electron chi connectivity index (χ3n) is 5.35. The van der Waals surface area contributed by atoms with Crippen molar-refractivity contribution in [1.82, 2.24) is 0 Å². The van der Waals surface area contributed by atoms with Crippen LogP contribution in [0, 0.1) is 0 Å². The van der Waals surface area contributed by atoms with Crippen LogP contribution in [0.15, 0.2) is 84.4 Å². The molecule has 0 amide bonds. The van der Waals surface area contributed by atoms with E-state index in [0.29, 0.717) is 0 Å². The van der Waals surface area contributed by atoms with Crippen LogP contribution in [0.25, 0.3) is 27.6 Å². The lowest BCUT2D eigenvalue weighted by atomic mass is 9.85. The number of allylic oxidation sites excluding steroid dienone is 1. The molecule has 5 rings (SSSR count). The summed E-state index contributed by atoms with van der Waals surface area (Å²) >= 11 is 0. The number of carbonyl (C=O) groups is 1. The summed E-state index contributed by atoms with van der Waals surface area (Å²) in [7, 11) is 0. The molecule has 1 heteroatoms. The molecule has 0 N–H and O–H groups in total. The standard InChI is InChI=1S/C25H18O/c26-25-20(14-13-17-7-1-6-12-23(17)25)16-24-21-10-4-2-8-18(21)15-19-9-3-5-11-22(19)24/h1-12,15-16H,13-14H2/b20-16-. The second kappa shape index (κ2) is 5.96. The molecule has 1 aliphatic carbocycles. The second-order valence-electron chi connectivity index (χ2n) is 6.89. The molecule has 26 heavy (non-hydrogen) atoms. The van der Waals surface area contributed by atoms with E-state index in [4.69, 9.17) is 0 Å². The zero-order chi connectivity index (χ0) is 17.5. The first-order chi connectivity index (χ1) is 12.8. The number of benzene rings is 4. The molecule has 0 aromatic heterocycles. The van der Waals surface area contributed by atoms with Gasteiger partial charge in [0.2, 0.25) is 0 Å². The highest BCUT2D eigenvalue weighted by molar-refractivity contribution is 6.16. The molecule has 0 atom stereocenters. The first kappa shape index (κ1) is 15.1. The minimum absolute atomic E-state index is 0.170. The van der Waals surface area contributed by atoms with E-state index in [9.17, 15) is 4.79 Å². The first-order valence-electron chi connectivity index (χ1n) is 9.05. The molecule has 1 nitrogen and oxygen atoms in total. The predicted octanol–water partition coefficient (Wildman–Crippen LogP) is 6.21. The van der Waals surface area contributed by atoms with Gasteiger partial charge in [0.25, 0.3) is 0 Å². The van der Waals surface area contributed by atoms with Crippen LogP contribution in [-0.4, -0.2) is 5.78 Å². The summed E-state index contributed by atoms with van der Waals surface area (Å²) in [6.45, 7) is 0. The Labute approximate surface area is 152 Å². The van der Waals surface area contributed by atoms with Gasteiger partial charge in [0.15, 0.2) is 5.78 Å². The molecule has 0 saturated heterocycles. The smallest absolute Gasteiger partial charge is 0.189 e. The van der Waals surface area contributed by atoms with Crippen molar-refractivity contribution in [3.05, 3.63) is 101 Å². The molecule has 0 spiro atoms. The van der Waals surface area contributed by atoms with Gasteiger partial charge < -0.3 is 0 Å². The van der Waals surface area contributed by atoms with E-state index in [-0.39, 0.29) is 5.78 Å². The van der Waals surface area contributed by atoms with Gasteiger partial charge in [0.1, 0.15) is 0 Å². The van der Waals surface area contributed by atoms with Crippen LogP contribution in [0.2, 0.25) is 0 Å². The molecule has 124 valence electrons. The van der Waals surface area contributed by atoms with E-state index < -0.39 is 0 Å². The molecule has 0 heterocycles. The molecule has 0 unspecified atom stereocenters. The van der Waals surface area contributed by atoms with Crippen LogP contribution in [0.4, 0.5) is 0 Å². The summed E-state index contributed by atoms with van der Waals surface area (Å²) < 4.78 is 0. The van der Waals surface area contributed by atoms with E-state index in [1.54, 1.807) is 0 Å². The number of fused-ring (bicyclic) bond motifs is 3. The number of hydrogen-bond acceptors (Lipinski definition) is 1. The third-order valence-corrected chi connectivity index (χ3v) is 5.35. The zero-order valence-corrected chi connectivity index (χ0v) is 14.4. The quantitative estimate of drug-likeness (QED) is 0.299. The van der Waals surface area contributed by atoms with E-state index >= 15 is 0 Å². The SMILES string of the molecule is O=C1/C(=C\c2c3ccccc3cc3ccccc23)CCc2ccccc21. The average molecular weight is 334 g/mol. The zero-order valence-electron chi connectivity index (χ0n) is 14.4. The van der Waals surface area contributed by atoms with Crippen molar-refractivity contribution >= 4 is 33.4 Å². The van der Waals surface area contributed by atoms with Crippen molar-refractivity contribution in [3.63, 3.8) is 0 Å². The number of Topliss-reactive ketones (excluding diaryl/α,β-unsaturated/α-hetero) is 1. The fraction of sp³-hybridized carbons (Fsp3) is 0.0800. The molecule has 0 aliphatic heterocycles. The van der Waals surface area contributed by atoms with Gasteiger partial charge in [-0.2, -0.15) is 0 Å². The van der Waals surface area contributed by atoms with Crippen molar-refractivity contribution < 1.29 is 4.79 Å². The molecule has 0 saturated carbocycles. The van der Waals surface area contributed by atoms with Crippen LogP contribution in [0.1, 0.15) is 27.9 Å². The molecular formula is C25H18O. The Kier molecular flexibility index (Phi) is 3.46. The largest absolute Gasteiger partial charge is 0.289 e. The predicted molar refractivity (Wildman–Crippen MR) is 109 cm³/mol. The fourth-order valence-electron chi connectivity index (χ4n) is 4.03. The number of aryl methyl sites for hydroxylation is 1. The summed E-state index contributed by atoms with van der Waals surface area (Å²) in [6.07, 6.45) is 3.85. The van der Waals surface area contributed by atoms with Gasteiger partial charge in [-0.3, -0.25) is 4.79 Å². The molecule has 0 radical (unpaired) electrons. The number of hydrogen-bond donors (Lipinski definition) is 0. The molecular weight excluding hydrogens is 316 g/mol. The lowest BCUT2D eigenvalue weighted by Gasteiger charge is -2.18. The van der Waals surface area contributed by atoms with Crippen molar-refractivity contribution in [1.29, 1.82) is 0 Å². The topological polar surface area (TPSA) is 17.1 Å². The van der Waals surface area contributed by atoms with Crippen LogP contribution in [0.3, 0.4) is 0 Å². The Balaban J connectivity index is 1.76. The lowest BCUT2D eigenvalue weighted by molar-refractivity contribution is 0.102. The van der Waals surface area contributed by atoms with Gasteiger partial charge in [-0.25, -0.2) is 0 Å². The van der Waals surface area contributed by atoms with Crippen LogP contribution in [-0.2, 0) is 6.42 Å². The van der Waals surface area contributed by atoms with E-state index in [0.717, 1.165) is 35.1 Å². The van der Waals surface area contributed by atoms with Crippen molar-refractivity contribution in [2.24, 2.45) is 0 Å². The summed E-state index contributed by atoms with van der Waals surface area (Å²) in [5.74, 6) is 0.170. The van der Waals surface area contributed by atoms with Crippen molar-refractivity contribution in [2.45, 2.75) is 12.8 Å².